The molecule has 124 valence electrons. The lowest BCUT2D eigenvalue weighted by atomic mass is 9.92. The van der Waals surface area contributed by atoms with Gasteiger partial charge in [0, 0.05) is 36.3 Å². The molecule has 2 amide bonds. The standard InChI is InChI=1S/C18H25N3O2/c1-13-12-15(8-9-19-13)17(22)20-16-6-4-14(5-7-16)18(23)21-10-2-3-11-21/h4-7,13,15,19H,2-3,8-12H2,1H3,(H,20,22)/t13-,15-/m0/s1. The van der Waals surface area contributed by atoms with Crippen LogP contribution in [0.1, 0.15) is 43.0 Å². The van der Waals surface area contributed by atoms with E-state index < -0.39 is 0 Å². The Hall–Kier alpha value is -1.88. The van der Waals surface area contributed by atoms with E-state index in [0.717, 1.165) is 51.0 Å². The van der Waals surface area contributed by atoms with Crippen molar-refractivity contribution in [2.24, 2.45) is 5.92 Å². The number of nitrogens with one attached hydrogen (secondary N) is 2. The van der Waals surface area contributed by atoms with Crippen LogP contribution >= 0.6 is 0 Å². The smallest absolute Gasteiger partial charge is 0.253 e. The number of hydrogen-bond acceptors (Lipinski definition) is 3. The summed E-state index contributed by atoms with van der Waals surface area (Å²) in [6.07, 6.45) is 3.93. The van der Waals surface area contributed by atoms with Gasteiger partial charge in [0.2, 0.25) is 5.91 Å². The Balaban J connectivity index is 1.58. The van der Waals surface area contributed by atoms with Crippen molar-refractivity contribution in [3.63, 3.8) is 0 Å². The maximum Gasteiger partial charge on any atom is 0.253 e. The first-order valence-electron chi connectivity index (χ1n) is 8.57. The van der Waals surface area contributed by atoms with Gasteiger partial charge in [0.15, 0.2) is 0 Å². The predicted octanol–water partition coefficient (Wildman–Crippen LogP) is 2.25. The number of likely N-dealkylation sites (tertiary alicyclic amines) is 1. The van der Waals surface area contributed by atoms with Gasteiger partial charge in [-0.3, -0.25) is 9.59 Å². The second kappa shape index (κ2) is 7.13. The van der Waals surface area contributed by atoms with Crippen molar-refractivity contribution in [2.45, 2.75) is 38.6 Å². The third-order valence-corrected chi connectivity index (χ3v) is 4.79. The molecule has 0 unspecified atom stereocenters. The second-order valence-corrected chi connectivity index (χ2v) is 6.64. The molecular formula is C18H25N3O2. The second-order valence-electron chi connectivity index (χ2n) is 6.64. The van der Waals surface area contributed by atoms with Gasteiger partial charge in [0.1, 0.15) is 0 Å². The number of amides is 2. The molecule has 0 saturated carbocycles. The SMILES string of the molecule is C[C@H]1C[C@@H](C(=O)Nc2ccc(C(=O)N3CCCC3)cc2)CCN1. The number of benzene rings is 1. The monoisotopic (exact) mass is 315 g/mol. The van der Waals surface area contributed by atoms with E-state index in [9.17, 15) is 9.59 Å². The van der Waals surface area contributed by atoms with E-state index >= 15 is 0 Å². The molecule has 3 rings (SSSR count). The average molecular weight is 315 g/mol. The number of nitrogens with zero attached hydrogens (tertiary/aromatic N) is 1. The molecule has 2 heterocycles. The molecule has 2 N–H and O–H groups in total. The van der Waals surface area contributed by atoms with Gasteiger partial charge < -0.3 is 15.5 Å². The van der Waals surface area contributed by atoms with Crippen molar-refractivity contribution in [1.82, 2.24) is 10.2 Å². The van der Waals surface area contributed by atoms with E-state index in [1.165, 1.54) is 0 Å². The van der Waals surface area contributed by atoms with Gasteiger partial charge in [-0.1, -0.05) is 0 Å². The lowest BCUT2D eigenvalue weighted by Gasteiger charge is -2.27. The Kier molecular flexibility index (Phi) is 4.96. The first kappa shape index (κ1) is 16.0. The highest BCUT2D eigenvalue weighted by atomic mass is 16.2. The summed E-state index contributed by atoms with van der Waals surface area (Å²) < 4.78 is 0. The summed E-state index contributed by atoms with van der Waals surface area (Å²) in [5.74, 6) is 0.238. The lowest BCUT2D eigenvalue weighted by Crippen LogP contribution is -2.40. The number of anilines is 1. The van der Waals surface area contributed by atoms with Crippen LogP contribution < -0.4 is 10.6 Å². The molecule has 1 aromatic carbocycles. The number of piperidine rings is 1. The fourth-order valence-electron chi connectivity index (χ4n) is 3.41. The Morgan fingerprint density at radius 3 is 2.52 bits per heavy atom. The van der Waals surface area contributed by atoms with Crippen LogP contribution in [0, 0.1) is 5.92 Å². The van der Waals surface area contributed by atoms with Crippen LogP contribution in [0.3, 0.4) is 0 Å². The third kappa shape index (κ3) is 3.91. The van der Waals surface area contributed by atoms with Crippen LogP contribution in [-0.4, -0.2) is 42.4 Å². The third-order valence-electron chi connectivity index (χ3n) is 4.79. The van der Waals surface area contributed by atoms with Gasteiger partial charge in [-0.25, -0.2) is 0 Å². The highest BCUT2D eigenvalue weighted by molar-refractivity contribution is 5.96. The molecular weight excluding hydrogens is 290 g/mol. The quantitative estimate of drug-likeness (QED) is 0.899. The van der Waals surface area contributed by atoms with Gasteiger partial charge in [-0.15, -0.1) is 0 Å². The van der Waals surface area contributed by atoms with Gasteiger partial charge >= 0.3 is 0 Å². The summed E-state index contributed by atoms with van der Waals surface area (Å²) in [5.41, 5.74) is 1.46. The molecule has 0 spiro atoms. The first-order valence-corrected chi connectivity index (χ1v) is 8.57. The van der Waals surface area contributed by atoms with E-state index in [1.807, 2.05) is 17.0 Å². The highest BCUT2D eigenvalue weighted by Gasteiger charge is 2.25. The molecule has 0 bridgehead atoms. The minimum Gasteiger partial charge on any atom is -0.339 e. The van der Waals surface area contributed by atoms with Crippen LogP contribution in [-0.2, 0) is 4.79 Å². The summed E-state index contributed by atoms with van der Waals surface area (Å²) in [7, 11) is 0. The van der Waals surface area contributed by atoms with E-state index in [4.69, 9.17) is 0 Å². The predicted molar refractivity (Wildman–Crippen MR) is 90.4 cm³/mol. The highest BCUT2D eigenvalue weighted by Crippen LogP contribution is 2.20. The Labute approximate surface area is 137 Å². The van der Waals surface area contributed by atoms with Crippen molar-refractivity contribution < 1.29 is 9.59 Å². The van der Waals surface area contributed by atoms with Crippen molar-refractivity contribution in [1.29, 1.82) is 0 Å². The maximum absolute atomic E-state index is 12.3. The molecule has 5 heteroatoms. The number of carbonyl (C=O) groups excluding carboxylic acids is 2. The summed E-state index contributed by atoms with van der Waals surface area (Å²) in [4.78, 5) is 26.5. The van der Waals surface area contributed by atoms with Crippen molar-refractivity contribution >= 4 is 17.5 Å². The summed E-state index contributed by atoms with van der Waals surface area (Å²) >= 11 is 0. The van der Waals surface area contributed by atoms with E-state index in [1.54, 1.807) is 12.1 Å². The molecule has 2 saturated heterocycles. The summed E-state index contributed by atoms with van der Waals surface area (Å²) in [5, 5.41) is 6.33. The number of hydrogen-bond donors (Lipinski definition) is 2. The fraction of sp³-hybridized carbons (Fsp3) is 0.556. The molecule has 0 aliphatic carbocycles. The fourth-order valence-corrected chi connectivity index (χ4v) is 3.41. The Morgan fingerprint density at radius 2 is 1.87 bits per heavy atom. The van der Waals surface area contributed by atoms with Crippen LogP contribution in [0.25, 0.3) is 0 Å². The summed E-state index contributed by atoms with van der Waals surface area (Å²) in [6, 6.07) is 7.65. The van der Waals surface area contributed by atoms with Gasteiger partial charge in [-0.05, 0) is 63.4 Å². The Morgan fingerprint density at radius 1 is 1.17 bits per heavy atom. The molecule has 2 aliphatic heterocycles. The lowest BCUT2D eigenvalue weighted by molar-refractivity contribution is -0.120. The first-order chi connectivity index (χ1) is 11.1. The van der Waals surface area contributed by atoms with Gasteiger partial charge in [-0.2, -0.15) is 0 Å². The molecule has 0 aromatic heterocycles. The Bertz CT molecular complexity index is 564. The van der Waals surface area contributed by atoms with Crippen molar-refractivity contribution in [2.75, 3.05) is 25.0 Å². The van der Waals surface area contributed by atoms with Gasteiger partial charge in [0.25, 0.3) is 5.91 Å². The zero-order chi connectivity index (χ0) is 16.2. The minimum absolute atomic E-state index is 0.0668. The molecule has 1 aromatic rings. The van der Waals surface area contributed by atoms with E-state index in [2.05, 4.69) is 17.6 Å². The number of carbonyl (C=O) groups is 2. The normalized spacial score (nSPS) is 24.5. The van der Waals surface area contributed by atoms with Crippen LogP contribution in [0.2, 0.25) is 0 Å². The molecule has 2 fully saturated rings. The molecule has 2 atom stereocenters. The van der Waals surface area contributed by atoms with Crippen LogP contribution in [0.5, 0.6) is 0 Å². The largest absolute Gasteiger partial charge is 0.339 e. The van der Waals surface area contributed by atoms with E-state index in [-0.39, 0.29) is 17.7 Å². The molecule has 23 heavy (non-hydrogen) atoms. The van der Waals surface area contributed by atoms with Gasteiger partial charge in [0.05, 0.1) is 0 Å². The summed E-state index contributed by atoms with van der Waals surface area (Å²) in [6.45, 7) is 4.71. The zero-order valence-corrected chi connectivity index (χ0v) is 13.7. The van der Waals surface area contributed by atoms with Crippen molar-refractivity contribution in [3.05, 3.63) is 29.8 Å². The van der Waals surface area contributed by atoms with Crippen molar-refractivity contribution in [3.8, 4) is 0 Å². The zero-order valence-electron chi connectivity index (χ0n) is 13.7. The molecule has 5 nitrogen and oxygen atoms in total. The minimum atomic E-state index is 0.0668. The average Bonchev–Trinajstić information content (AvgIpc) is 3.09. The van der Waals surface area contributed by atoms with Crippen LogP contribution in [0.15, 0.2) is 24.3 Å². The topological polar surface area (TPSA) is 61.4 Å². The number of rotatable bonds is 3. The molecule has 0 radical (unpaired) electrons. The van der Waals surface area contributed by atoms with E-state index in [0.29, 0.717) is 11.6 Å². The maximum atomic E-state index is 12.3. The molecule has 2 aliphatic rings. The van der Waals surface area contributed by atoms with Crippen LogP contribution in [0.4, 0.5) is 5.69 Å².